The Kier molecular flexibility index (Phi) is 6.49. The van der Waals surface area contributed by atoms with Gasteiger partial charge in [-0.25, -0.2) is 8.42 Å². The Balaban J connectivity index is 1.92. The maximum atomic E-state index is 12.1. The lowest BCUT2D eigenvalue weighted by atomic mass is 10.2. The van der Waals surface area contributed by atoms with Gasteiger partial charge in [0, 0.05) is 32.1 Å². The summed E-state index contributed by atoms with van der Waals surface area (Å²) in [5.74, 6) is 1.03. The van der Waals surface area contributed by atoms with Gasteiger partial charge >= 0.3 is 0 Å². The van der Waals surface area contributed by atoms with Crippen LogP contribution in [0.2, 0.25) is 0 Å². The maximum Gasteiger partial charge on any atom is 0.232 e. The lowest BCUT2D eigenvalue weighted by Crippen LogP contribution is -2.33. The number of ether oxygens (including phenoxy) is 2. The zero-order valence-electron chi connectivity index (χ0n) is 14.8. The van der Waals surface area contributed by atoms with Crippen LogP contribution in [0.15, 0.2) is 18.2 Å². The minimum absolute atomic E-state index is 0.0824. The van der Waals surface area contributed by atoms with E-state index in [1.807, 2.05) is 19.0 Å². The molecule has 0 spiro atoms. The molecule has 0 atom stereocenters. The van der Waals surface area contributed by atoms with Gasteiger partial charge in [0.1, 0.15) is 0 Å². The van der Waals surface area contributed by atoms with Gasteiger partial charge in [0.05, 0.1) is 11.9 Å². The zero-order valence-corrected chi connectivity index (χ0v) is 15.6. The van der Waals surface area contributed by atoms with Gasteiger partial charge in [-0.05, 0) is 32.6 Å². The fourth-order valence-corrected chi connectivity index (χ4v) is 3.37. The van der Waals surface area contributed by atoms with E-state index in [9.17, 15) is 13.2 Å². The summed E-state index contributed by atoms with van der Waals surface area (Å²) in [6.45, 7) is 1.69. The Morgan fingerprint density at radius 1 is 1.20 bits per heavy atom. The van der Waals surface area contributed by atoms with Crippen molar-refractivity contribution in [2.24, 2.45) is 0 Å². The number of sulfonamides is 1. The van der Waals surface area contributed by atoms with Crippen LogP contribution in [0, 0.1) is 0 Å². The van der Waals surface area contributed by atoms with Crippen molar-refractivity contribution in [1.29, 1.82) is 0 Å². The highest BCUT2D eigenvalue weighted by molar-refractivity contribution is 7.92. The van der Waals surface area contributed by atoms with Crippen LogP contribution in [-0.4, -0.2) is 66.0 Å². The lowest BCUT2D eigenvalue weighted by molar-refractivity contribution is -0.121. The molecule has 9 heteroatoms. The number of nitrogens with one attached hydrogen (secondary N) is 1. The summed E-state index contributed by atoms with van der Waals surface area (Å²) in [5.41, 5.74) is 0.500. The molecule has 8 nitrogen and oxygen atoms in total. The molecule has 1 aliphatic heterocycles. The number of hydrogen-bond donors (Lipinski definition) is 1. The minimum atomic E-state index is -3.46. The quantitative estimate of drug-likeness (QED) is 0.685. The van der Waals surface area contributed by atoms with Crippen molar-refractivity contribution in [3.8, 4) is 11.5 Å². The van der Waals surface area contributed by atoms with Crippen LogP contribution in [0.1, 0.15) is 12.8 Å². The van der Waals surface area contributed by atoms with Crippen LogP contribution < -0.4 is 19.1 Å². The summed E-state index contributed by atoms with van der Waals surface area (Å²) in [7, 11) is 0.401. The largest absolute Gasteiger partial charge is 0.454 e. The van der Waals surface area contributed by atoms with Gasteiger partial charge in [-0.2, -0.15) is 0 Å². The molecule has 0 saturated heterocycles. The molecular weight excluding hydrogens is 346 g/mol. The molecule has 0 saturated carbocycles. The number of rotatable bonds is 9. The number of nitrogens with zero attached hydrogens (tertiary/aromatic N) is 2. The second-order valence-corrected chi connectivity index (χ2v) is 8.04. The van der Waals surface area contributed by atoms with Gasteiger partial charge in [-0.3, -0.25) is 9.10 Å². The van der Waals surface area contributed by atoms with Crippen LogP contribution in [0.3, 0.4) is 0 Å². The van der Waals surface area contributed by atoms with E-state index in [1.165, 1.54) is 4.31 Å². The minimum Gasteiger partial charge on any atom is -0.454 e. The van der Waals surface area contributed by atoms with Crippen molar-refractivity contribution in [2.45, 2.75) is 12.8 Å². The Morgan fingerprint density at radius 3 is 2.60 bits per heavy atom. The first-order chi connectivity index (χ1) is 11.8. The molecule has 0 bridgehead atoms. The van der Waals surface area contributed by atoms with E-state index in [-0.39, 0.29) is 25.7 Å². The number of anilines is 1. The number of amides is 1. The van der Waals surface area contributed by atoms with Crippen LogP contribution in [0.25, 0.3) is 0 Å². The van der Waals surface area contributed by atoms with Crippen LogP contribution in [-0.2, 0) is 14.8 Å². The number of fused-ring (bicyclic) bond motifs is 1. The maximum absolute atomic E-state index is 12.1. The van der Waals surface area contributed by atoms with E-state index >= 15 is 0 Å². The number of carbonyl (C=O) groups excluding carboxylic acids is 1. The SMILES string of the molecule is CN(C)CCNC(=O)CCCN(c1ccc2c(c1)OCO2)S(C)(=O)=O. The summed E-state index contributed by atoms with van der Waals surface area (Å²) in [5, 5.41) is 2.82. The fraction of sp³-hybridized carbons (Fsp3) is 0.562. The molecule has 1 heterocycles. The van der Waals surface area contributed by atoms with Crippen LogP contribution in [0.5, 0.6) is 11.5 Å². The summed E-state index contributed by atoms with van der Waals surface area (Å²) in [6, 6.07) is 5.00. The topological polar surface area (TPSA) is 88.2 Å². The van der Waals surface area contributed by atoms with Crippen molar-refractivity contribution in [1.82, 2.24) is 10.2 Å². The Morgan fingerprint density at radius 2 is 1.92 bits per heavy atom. The van der Waals surface area contributed by atoms with Crippen LogP contribution >= 0.6 is 0 Å². The van der Waals surface area contributed by atoms with Gasteiger partial charge in [0.15, 0.2) is 11.5 Å². The average molecular weight is 371 g/mol. The Bertz CT molecular complexity index is 706. The molecule has 25 heavy (non-hydrogen) atoms. The molecule has 0 aliphatic carbocycles. The van der Waals surface area contributed by atoms with E-state index < -0.39 is 10.0 Å². The standard InChI is InChI=1S/C16H25N3O5S/c1-18(2)10-8-17-16(20)5-4-9-19(25(3,21)22)13-6-7-14-15(11-13)24-12-23-14/h6-7,11H,4-5,8-10,12H2,1-3H3,(H,17,20). The molecule has 1 N–H and O–H groups in total. The van der Waals surface area contributed by atoms with Crippen molar-refractivity contribution >= 4 is 21.6 Å². The van der Waals surface area contributed by atoms with E-state index in [1.54, 1.807) is 18.2 Å². The smallest absolute Gasteiger partial charge is 0.232 e. The first-order valence-electron chi connectivity index (χ1n) is 8.06. The highest BCUT2D eigenvalue weighted by Crippen LogP contribution is 2.36. The number of carbonyl (C=O) groups is 1. The first kappa shape index (κ1) is 19.3. The fourth-order valence-electron chi connectivity index (χ4n) is 2.42. The van der Waals surface area contributed by atoms with Crippen molar-refractivity contribution in [2.75, 3.05) is 51.1 Å². The van der Waals surface area contributed by atoms with Gasteiger partial charge in [0.2, 0.25) is 22.7 Å². The van der Waals surface area contributed by atoms with Gasteiger partial charge in [-0.1, -0.05) is 0 Å². The summed E-state index contributed by atoms with van der Waals surface area (Å²) in [4.78, 5) is 13.8. The van der Waals surface area contributed by atoms with E-state index in [0.29, 0.717) is 30.2 Å². The first-order valence-corrected chi connectivity index (χ1v) is 9.91. The number of hydrogen-bond acceptors (Lipinski definition) is 6. The van der Waals surface area contributed by atoms with E-state index in [0.717, 1.165) is 12.8 Å². The molecule has 0 radical (unpaired) electrons. The molecule has 1 aliphatic rings. The summed E-state index contributed by atoms with van der Waals surface area (Å²) < 4.78 is 36.0. The zero-order chi connectivity index (χ0) is 18.4. The van der Waals surface area contributed by atoms with E-state index in [2.05, 4.69) is 5.32 Å². The highest BCUT2D eigenvalue weighted by Gasteiger charge is 2.21. The number of benzene rings is 1. The number of likely N-dealkylation sites (N-methyl/N-ethyl adjacent to an activating group) is 1. The van der Waals surface area contributed by atoms with Crippen LogP contribution in [0.4, 0.5) is 5.69 Å². The molecule has 0 fully saturated rings. The van der Waals surface area contributed by atoms with Crippen molar-refractivity contribution < 1.29 is 22.7 Å². The second-order valence-electron chi connectivity index (χ2n) is 6.13. The summed E-state index contributed by atoms with van der Waals surface area (Å²) in [6.07, 6.45) is 1.84. The normalized spacial score (nSPS) is 13.1. The van der Waals surface area contributed by atoms with Crippen molar-refractivity contribution in [3.63, 3.8) is 0 Å². The third kappa shape index (κ3) is 5.79. The van der Waals surface area contributed by atoms with Gasteiger partial charge in [-0.15, -0.1) is 0 Å². The van der Waals surface area contributed by atoms with Gasteiger partial charge < -0.3 is 19.7 Å². The van der Waals surface area contributed by atoms with Crippen molar-refractivity contribution in [3.05, 3.63) is 18.2 Å². The molecule has 1 amide bonds. The third-order valence-corrected chi connectivity index (χ3v) is 4.88. The Hall–Kier alpha value is -2.00. The molecule has 2 rings (SSSR count). The lowest BCUT2D eigenvalue weighted by Gasteiger charge is -2.22. The second kappa shape index (κ2) is 8.39. The molecule has 1 aromatic carbocycles. The summed E-state index contributed by atoms with van der Waals surface area (Å²) >= 11 is 0. The Labute approximate surface area is 148 Å². The third-order valence-electron chi connectivity index (χ3n) is 3.69. The molecule has 140 valence electrons. The van der Waals surface area contributed by atoms with Gasteiger partial charge in [0.25, 0.3) is 0 Å². The van der Waals surface area contributed by atoms with E-state index in [4.69, 9.17) is 9.47 Å². The predicted octanol–water partition coefficient (Wildman–Crippen LogP) is 0.639. The highest BCUT2D eigenvalue weighted by atomic mass is 32.2. The molecular formula is C16H25N3O5S. The monoisotopic (exact) mass is 371 g/mol. The average Bonchev–Trinajstić information content (AvgIpc) is 2.97. The molecule has 1 aromatic rings. The molecule has 0 aromatic heterocycles. The molecule has 0 unspecified atom stereocenters. The predicted molar refractivity (Wildman–Crippen MR) is 95.6 cm³/mol.